The zero-order valence-corrected chi connectivity index (χ0v) is 12.3. The van der Waals surface area contributed by atoms with Crippen molar-refractivity contribution in [2.24, 2.45) is 5.73 Å². The van der Waals surface area contributed by atoms with E-state index in [2.05, 4.69) is 15.6 Å². The van der Waals surface area contributed by atoms with Gasteiger partial charge in [0.1, 0.15) is 0 Å². The van der Waals surface area contributed by atoms with Crippen molar-refractivity contribution in [3.05, 3.63) is 53.9 Å². The fraction of sp³-hybridized carbons (Fsp3) is 0.188. The first kappa shape index (κ1) is 15.7. The smallest absolute Gasteiger partial charge is 0.255 e. The molecular formula is C16H18N4O2. The molecule has 4 N–H and O–H groups in total. The number of hydrogen-bond acceptors (Lipinski definition) is 4. The van der Waals surface area contributed by atoms with Crippen molar-refractivity contribution in [1.29, 1.82) is 0 Å². The molecule has 0 atom stereocenters. The van der Waals surface area contributed by atoms with Gasteiger partial charge < -0.3 is 16.4 Å². The normalized spacial score (nSPS) is 10.1. The molecule has 0 fully saturated rings. The molecule has 114 valence electrons. The first-order valence-electron chi connectivity index (χ1n) is 6.92. The summed E-state index contributed by atoms with van der Waals surface area (Å²) in [6.07, 6.45) is 3.41. The summed E-state index contributed by atoms with van der Waals surface area (Å²) < 4.78 is 0. The maximum Gasteiger partial charge on any atom is 0.255 e. The minimum atomic E-state index is -0.203. The summed E-state index contributed by atoms with van der Waals surface area (Å²) in [6, 6.07) is 8.59. The molecule has 6 nitrogen and oxygen atoms in total. The molecule has 0 unspecified atom stereocenters. The van der Waals surface area contributed by atoms with Crippen molar-refractivity contribution >= 4 is 23.2 Å². The van der Waals surface area contributed by atoms with Crippen LogP contribution in [0.3, 0.4) is 0 Å². The van der Waals surface area contributed by atoms with E-state index in [9.17, 15) is 9.59 Å². The van der Waals surface area contributed by atoms with Gasteiger partial charge in [-0.25, -0.2) is 0 Å². The third-order valence-corrected chi connectivity index (χ3v) is 3.07. The molecule has 0 bridgehead atoms. The molecule has 0 aliphatic rings. The Kier molecular flexibility index (Phi) is 5.21. The van der Waals surface area contributed by atoms with Crippen molar-refractivity contribution in [1.82, 2.24) is 4.98 Å². The fourth-order valence-electron chi connectivity index (χ4n) is 1.93. The molecule has 0 saturated carbocycles. The van der Waals surface area contributed by atoms with Gasteiger partial charge >= 0.3 is 0 Å². The third-order valence-electron chi connectivity index (χ3n) is 3.07. The lowest BCUT2D eigenvalue weighted by molar-refractivity contribution is -0.116. The molecule has 0 aliphatic carbocycles. The molecule has 2 amide bonds. The van der Waals surface area contributed by atoms with Crippen LogP contribution in [0.15, 0.2) is 42.7 Å². The molecule has 1 aromatic carbocycles. The number of nitrogens with zero attached hydrogens (tertiary/aromatic N) is 1. The zero-order valence-electron chi connectivity index (χ0n) is 12.3. The quantitative estimate of drug-likeness (QED) is 0.785. The maximum atomic E-state index is 12.1. The lowest BCUT2D eigenvalue weighted by atomic mass is 10.1. The number of anilines is 2. The average molecular weight is 298 g/mol. The molecule has 2 aromatic rings. The number of nitrogens with two attached hydrogens (primary N) is 1. The molecule has 0 radical (unpaired) electrons. The van der Waals surface area contributed by atoms with Crippen LogP contribution in [-0.4, -0.2) is 23.3 Å². The van der Waals surface area contributed by atoms with Gasteiger partial charge in [0, 0.05) is 42.3 Å². The molecule has 0 aliphatic heterocycles. The summed E-state index contributed by atoms with van der Waals surface area (Å²) in [7, 11) is 0. The van der Waals surface area contributed by atoms with Gasteiger partial charge in [-0.15, -0.1) is 0 Å². The van der Waals surface area contributed by atoms with Crippen LogP contribution in [0.2, 0.25) is 0 Å². The van der Waals surface area contributed by atoms with Gasteiger partial charge in [-0.2, -0.15) is 0 Å². The molecule has 0 spiro atoms. The van der Waals surface area contributed by atoms with E-state index in [0.29, 0.717) is 23.5 Å². The van der Waals surface area contributed by atoms with E-state index >= 15 is 0 Å². The topological polar surface area (TPSA) is 97.1 Å². The van der Waals surface area contributed by atoms with Crippen molar-refractivity contribution in [3.8, 4) is 0 Å². The molecule has 1 heterocycles. The monoisotopic (exact) mass is 298 g/mol. The standard InChI is InChI=1S/C16H18N4O2/c1-11-10-13(19-15(21)4-7-17)2-3-14(11)20-16(22)12-5-8-18-9-6-12/h2-3,5-6,8-10H,4,7,17H2,1H3,(H,19,21)(H,20,22). The van der Waals surface area contributed by atoms with Crippen LogP contribution in [-0.2, 0) is 4.79 Å². The molecule has 6 heteroatoms. The minimum Gasteiger partial charge on any atom is -0.330 e. The van der Waals surface area contributed by atoms with E-state index in [1.54, 1.807) is 42.7 Å². The van der Waals surface area contributed by atoms with Crippen LogP contribution in [0, 0.1) is 6.92 Å². The number of aryl methyl sites for hydroxylation is 1. The summed E-state index contributed by atoms with van der Waals surface area (Å²) in [5, 5.41) is 5.59. The number of nitrogens with one attached hydrogen (secondary N) is 2. The van der Waals surface area contributed by atoms with E-state index < -0.39 is 0 Å². The number of benzene rings is 1. The van der Waals surface area contributed by atoms with Crippen LogP contribution in [0.4, 0.5) is 11.4 Å². The lowest BCUT2D eigenvalue weighted by Crippen LogP contribution is -2.16. The second kappa shape index (κ2) is 7.33. The first-order chi connectivity index (χ1) is 10.6. The highest BCUT2D eigenvalue weighted by Gasteiger charge is 2.08. The first-order valence-corrected chi connectivity index (χ1v) is 6.92. The molecule has 2 rings (SSSR count). The van der Waals surface area contributed by atoms with E-state index in [4.69, 9.17) is 5.73 Å². The van der Waals surface area contributed by atoms with E-state index in [1.165, 1.54) is 0 Å². The number of amides is 2. The van der Waals surface area contributed by atoms with Crippen LogP contribution in [0.1, 0.15) is 22.3 Å². The Balaban J connectivity index is 2.07. The minimum absolute atomic E-state index is 0.129. The second-order valence-corrected chi connectivity index (χ2v) is 4.81. The Hall–Kier alpha value is -2.73. The average Bonchev–Trinajstić information content (AvgIpc) is 2.51. The summed E-state index contributed by atoms with van der Waals surface area (Å²) >= 11 is 0. The van der Waals surface area contributed by atoms with Gasteiger partial charge in [-0.1, -0.05) is 0 Å². The molecule has 22 heavy (non-hydrogen) atoms. The highest BCUT2D eigenvalue weighted by Crippen LogP contribution is 2.20. The summed E-state index contributed by atoms with van der Waals surface area (Å²) in [5.74, 6) is -0.333. The van der Waals surface area contributed by atoms with Crippen LogP contribution in [0.25, 0.3) is 0 Å². The fourth-order valence-corrected chi connectivity index (χ4v) is 1.93. The van der Waals surface area contributed by atoms with E-state index in [0.717, 1.165) is 5.56 Å². The van der Waals surface area contributed by atoms with Gasteiger partial charge in [0.15, 0.2) is 0 Å². The number of hydrogen-bond donors (Lipinski definition) is 3. The SMILES string of the molecule is Cc1cc(NC(=O)CCN)ccc1NC(=O)c1ccncc1. The van der Waals surface area contributed by atoms with Crippen molar-refractivity contribution < 1.29 is 9.59 Å². The summed E-state index contributed by atoms with van der Waals surface area (Å²) in [5.41, 5.74) is 8.10. The largest absolute Gasteiger partial charge is 0.330 e. The van der Waals surface area contributed by atoms with E-state index in [1.807, 2.05) is 6.92 Å². The van der Waals surface area contributed by atoms with Gasteiger partial charge in [-0.05, 0) is 42.8 Å². The predicted molar refractivity (Wildman–Crippen MR) is 85.7 cm³/mol. The van der Waals surface area contributed by atoms with Crippen LogP contribution < -0.4 is 16.4 Å². The Labute approximate surface area is 128 Å². The van der Waals surface area contributed by atoms with Gasteiger partial charge in [0.2, 0.25) is 5.91 Å². The second-order valence-electron chi connectivity index (χ2n) is 4.81. The lowest BCUT2D eigenvalue weighted by Gasteiger charge is -2.11. The Morgan fingerprint density at radius 2 is 1.86 bits per heavy atom. The maximum absolute atomic E-state index is 12.1. The number of carbonyl (C=O) groups excluding carboxylic acids is 2. The summed E-state index contributed by atoms with van der Waals surface area (Å²) in [6.45, 7) is 2.17. The Bertz CT molecular complexity index is 671. The number of aromatic nitrogens is 1. The summed E-state index contributed by atoms with van der Waals surface area (Å²) in [4.78, 5) is 27.5. The zero-order chi connectivity index (χ0) is 15.9. The van der Waals surface area contributed by atoms with E-state index in [-0.39, 0.29) is 18.2 Å². The third kappa shape index (κ3) is 4.13. The van der Waals surface area contributed by atoms with Crippen molar-refractivity contribution in [3.63, 3.8) is 0 Å². The highest BCUT2D eigenvalue weighted by atomic mass is 16.2. The molecular weight excluding hydrogens is 280 g/mol. The van der Waals surface area contributed by atoms with Crippen molar-refractivity contribution in [2.75, 3.05) is 17.2 Å². The van der Waals surface area contributed by atoms with Gasteiger partial charge in [-0.3, -0.25) is 14.6 Å². The molecule has 1 aromatic heterocycles. The van der Waals surface area contributed by atoms with Crippen LogP contribution >= 0.6 is 0 Å². The number of carbonyl (C=O) groups is 2. The predicted octanol–water partition coefficient (Wildman–Crippen LogP) is 1.93. The highest BCUT2D eigenvalue weighted by molar-refractivity contribution is 6.04. The Morgan fingerprint density at radius 3 is 2.50 bits per heavy atom. The van der Waals surface area contributed by atoms with Crippen molar-refractivity contribution in [2.45, 2.75) is 13.3 Å². The Morgan fingerprint density at radius 1 is 1.14 bits per heavy atom. The van der Waals surface area contributed by atoms with Gasteiger partial charge in [0.25, 0.3) is 5.91 Å². The molecule has 0 saturated heterocycles. The van der Waals surface area contributed by atoms with Crippen LogP contribution in [0.5, 0.6) is 0 Å². The van der Waals surface area contributed by atoms with Gasteiger partial charge in [0.05, 0.1) is 0 Å². The number of pyridine rings is 1. The number of rotatable bonds is 5.